The van der Waals surface area contributed by atoms with Crippen LogP contribution in [0.1, 0.15) is 13.8 Å². The Morgan fingerprint density at radius 2 is 2.27 bits per heavy atom. The van der Waals surface area contributed by atoms with Crippen molar-refractivity contribution in [2.24, 2.45) is 0 Å². The summed E-state index contributed by atoms with van der Waals surface area (Å²) in [7, 11) is 3.32. The lowest BCUT2D eigenvalue weighted by atomic mass is 10.4. The molecule has 78 valence electrons. The van der Waals surface area contributed by atoms with Gasteiger partial charge in [-0.25, -0.2) is 0 Å². The minimum Gasteiger partial charge on any atom is -0.434 e. The maximum Gasteiger partial charge on any atom is 0.307 e. The van der Waals surface area contributed by atoms with E-state index in [-0.39, 0.29) is 5.97 Å². The van der Waals surface area contributed by atoms with Gasteiger partial charge in [0.15, 0.2) is 0 Å². The quantitative estimate of drug-likeness (QED) is 0.303. The summed E-state index contributed by atoms with van der Waals surface area (Å²) in [6.45, 7) is 3.40. The van der Waals surface area contributed by atoms with Crippen LogP contribution in [0.2, 0.25) is 0 Å². The zero-order valence-corrected chi connectivity index (χ0v) is 10.1. The first-order valence-corrected chi connectivity index (χ1v) is 6.40. The summed E-state index contributed by atoms with van der Waals surface area (Å²) < 4.78 is 4.58. The third-order valence-corrected chi connectivity index (χ3v) is 3.79. The molecule has 0 bridgehead atoms. The van der Waals surface area contributed by atoms with Crippen molar-refractivity contribution in [3.63, 3.8) is 0 Å². The van der Waals surface area contributed by atoms with Crippen LogP contribution in [0.25, 0.3) is 0 Å². The van der Waals surface area contributed by atoms with Gasteiger partial charge in [0.1, 0.15) is 6.26 Å². The van der Waals surface area contributed by atoms with E-state index >= 15 is 0 Å². The lowest BCUT2D eigenvalue weighted by molar-refractivity contribution is -0.135. The highest BCUT2D eigenvalue weighted by Crippen LogP contribution is 2.38. The molecular formula is C11H10O2S2. The molecule has 0 radical (unpaired) electrons. The zero-order chi connectivity index (χ0) is 11.1. The molecule has 15 heavy (non-hydrogen) atoms. The van der Waals surface area contributed by atoms with E-state index in [0.29, 0.717) is 0 Å². The van der Waals surface area contributed by atoms with Crippen molar-refractivity contribution in [2.75, 3.05) is 0 Å². The maximum absolute atomic E-state index is 10.4. The molecule has 0 aromatic carbocycles. The number of rotatable bonds is 1. The van der Waals surface area contributed by atoms with Crippen LogP contribution < -0.4 is 0 Å². The van der Waals surface area contributed by atoms with Gasteiger partial charge in [-0.2, -0.15) is 0 Å². The molecule has 0 amide bonds. The first kappa shape index (κ1) is 12.0. The van der Waals surface area contributed by atoms with Crippen LogP contribution in [-0.2, 0) is 9.53 Å². The summed E-state index contributed by atoms with van der Waals surface area (Å²) in [5.74, 6) is 5.39. The molecule has 0 spiro atoms. The predicted molar refractivity (Wildman–Crippen MR) is 65.7 cm³/mol. The van der Waals surface area contributed by atoms with Gasteiger partial charge >= 0.3 is 5.97 Å². The van der Waals surface area contributed by atoms with Gasteiger partial charge in [-0.3, -0.25) is 4.79 Å². The Bertz CT molecular complexity index is 395. The molecule has 1 aliphatic rings. The van der Waals surface area contributed by atoms with Crippen LogP contribution in [0, 0.1) is 11.8 Å². The van der Waals surface area contributed by atoms with Gasteiger partial charge in [-0.15, -0.1) is 0 Å². The minimum absolute atomic E-state index is 0.339. The van der Waals surface area contributed by atoms with Crippen molar-refractivity contribution in [3.05, 3.63) is 34.3 Å². The van der Waals surface area contributed by atoms with Crippen molar-refractivity contribution >= 4 is 27.6 Å². The molecule has 0 aromatic rings. The molecule has 2 nitrogen and oxygen atoms in total. The zero-order valence-electron chi connectivity index (χ0n) is 8.44. The monoisotopic (exact) mass is 238 g/mol. The highest BCUT2D eigenvalue weighted by atomic mass is 33.1. The second-order valence-electron chi connectivity index (χ2n) is 2.66. The summed E-state index contributed by atoms with van der Waals surface area (Å²) in [6, 6.07) is 0. The van der Waals surface area contributed by atoms with E-state index < -0.39 is 0 Å². The molecule has 1 heterocycles. The van der Waals surface area contributed by atoms with Crippen molar-refractivity contribution in [3.8, 4) is 11.8 Å². The molecule has 0 aromatic heterocycles. The number of carbonyl (C=O) groups is 1. The van der Waals surface area contributed by atoms with Gasteiger partial charge in [-0.05, 0) is 28.7 Å². The molecule has 4 heteroatoms. The van der Waals surface area contributed by atoms with Gasteiger partial charge in [0.2, 0.25) is 0 Å². The molecule has 0 saturated heterocycles. The minimum atomic E-state index is -0.339. The van der Waals surface area contributed by atoms with Crippen LogP contribution in [0.15, 0.2) is 34.3 Å². The number of carbonyl (C=O) groups excluding carboxylic acids is 1. The SMILES string of the molecule is CC(=O)O/C=C/C#CC1=CC=C(C)SS1. The smallest absolute Gasteiger partial charge is 0.307 e. The lowest BCUT2D eigenvalue weighted by Gasteiger charge is -2.03. The number of allylic oxidation sites excluding steroid dienone is 5. The number of hydrogen-bond acceptors (Lipinski definition) is 4. The Hall–Kier alpha value is -1.05. The summed E-state index contributed by atoms with van der Waals surface area (Å²) in [6.07, 6.45) is 6.81. The molecule has 1 aliphatic heterocycles. The second-order valence-corrected chi connectivity index (χ2v) is 5.07. The summed E-state index contributed by atoms with van der Waals surface area (Å²) >= 11 is 0. The maximum atomic E-state index is 10.4. The number of hydrogen-bond donors (Lipinski definition) is 0. The highest BCUT2D eigenvalue weighted by Gasteiger charge is 2.00. The van der Waals surface area contributed by atoms with E-state index in [2.05, 4.69) is 23.5 Å². The third-order valence-electron chi connectivity index (χ3n) is 1.31. The molecule has 1 rings (SSSR count). The summed E-state index contributed by atoms with van der Waals surface area (Å²) in [4.78, 5) is 12.7. The fraction of sp³-hybridized carbons (Fsp3) is 0.182. The van der Waals surface area contributed by atoms with E-state index in [0.717, 1.165) is 4.91 Å². The van der Waals surface area contributed by atoms with E-state index in [1.54, 1.807) is 21.6 Å². The topological polar surface area (TPSA) is 26.3 Å². The molecule has 0 N–H and O–H groups in total. The van der Waals surface area contributed by atoms with Crippen molar-refractivity contribution in [2.45, 2.75) is 13.8 Å². The van der Waals surface area contributed by atoms with Gasteiger partial charge in [0.05, 0.1) is 4.91 Å². The Morgan fingerprint density at radius 1 is 1.47 bits per heavy atom. The largest absolute Gasteiger partial charge is 0.434 e. The van der Waals surface area contributed by atoms with Gasteiger partial charge in [0, 0.05) is 13.0 Å². The van der Waals surface area contributed by atoms with E-state index in [1.807, 2.05) is 12.2 Å². The van der Waals surface area contributed by atoms with Crippen LogP contribution in [-0.4, -0.2) is 5.97 Å². The molecule has 0 aliphatic carbocycles. The molecule has 0 atom stereocenters. The fourth-order valence-corrected chi connectivity index (χ4v) is 2.39. The average molecular weight is 238 g/mol. The van der Waals surface area contributed by atoms with Gasteiger partial charge < -0.3 is 4.74 Å². The molecular weight excluding hydrogens is 228 g/mol. The van der Waals surface area contributed by atoms with Crippen molar-refractivity contribution < 1.29 is 9.53 Å². The average Bonchev–Trinajstić information content (AvgIpc) is 2.20. The predicted octanol–water partition coefficient (Wildman–Crippen LogP) is 3.25. The van der Waals surface area contributed by atoms with Gasteiger partial charge in [-0.1, -0.05) is 28.7 Å². The summed E-state index contributed by atoms with van der Waals surface area (Å²) in [5.41, 5.74) is 0. The number of esters is 1. The van der Waals surface area contributed by atoms with Gasteiger partial charge in [0.25, 0.3) is 0 Å². The normalized spacial score (nSPS) is 15.1. The lowest BCUT2D eigenvalue weighted by Crippen LogP contribution is -1.88. The second kappa shape index (κ2) is 6.44. The summed E-state index contributed by atoms with van der Waals surface area (Å²) in [5, 5.41) is 0. The van der Waals surface area contributed by atoms with Crippen LogP contribution in [0.3, 0.4) is 0 Å². The Kier molecular flexibility index (Phi) is 5.16. The van der Waals surface area contributed by atoms with E-state index in [4.69, 9.17) is 0 Å². The van der Waals surface area contributed by atoms with E-state index in [1.165, 1.54) is 24.2 Å². The third kappa shape index (κ3) is 5.40. The first-order chi connectivity index (χ1) is 7.18. The molecule has 0 fully saturated rings. The van der Waals surface area contributed by atoms with Crippen LogP contribution in [0.5, 0.6) is 0 Å². The standard InChI is InChI=1S/C11H10O2S2/c1-9-6-7-11(15-14-9)5-3-4-8-13-10(2)12/h4,6-8H,1-2H3/b8-4+. The molecule has 0 saturated carbocycles. The first-order valence-electron chi connectivity index (χ1n) is 4.25. The number of ether oxygens (including phenoxy) is 1. The fourth-order valence-electron chi connectivity index (χ4n) is 0.698. The Balaban J connectivity index is 2.45. The van der Waals surface area contributed by atoms with E-state index in [9.17, 15) is 4.79 Å². The highest BCUT2D eigenvalue weighted by molar-refractivity contribution is 8.79. The van der Waals surface area contributed by atoms with Crippen LogP contribution >= 0.6 is 21.6 Å². The van der Waals surface area contributed by atoms with Crippen LogP contribution in [0.4, 0.5) is 0 Å². The Morgan fingerprint density at radius 3 is 2.87 bits per heavy atom. The van der Waals surface area contributed by atoms with Crippen molar-refractivity contribution in [1.29, 1.82) is 0 Å². The van der Waals surface area contributed by atoms with Crippen molar-refractivity contribution in [1.82, 2.24) is 0 Å². The Labute approximate surface area is 97.2 Å². The molecule has 0 unspecified atom stereocenters.